The van der Waals surface area contributed by atoms with Crippen LogP contribution in [0.25, 0.3) is 11.3 Å². The van der Waals surface area contributed by atoms with Crippen LogP contribution < -0.4 is 10.6 Å². The van der Waals surface area contributed by atoms with Crippen LogP contribution in [0.1, 0.15) is 25.6 Å². The van der Waals surface area contributed by atoms with Crippen LogP contribution in [-0.4, -0.2) is 23.6 Å². The molecule has 2 aromatic rings. The van der Waals surface area contributed by atoms with Crippen LogP contribution in [-0.2, 0) is 9.53 Å². The summed E-state index contributed by atoms with van der Waals surface area (Å²) in [6.07, 6.45) is 1.58. The third kappa shape index (κ3) is 3.36. The van der Waals surface area contributed by atoms with E-state index < -0.39 is 18.0 Å². The second kappa shape index (κ2) is 6.98. The van der Waals surface area contributed by atoms with Crippen molar-refractivity contribution in [1.82, 2.24) is 15.6 Å². The van der Waals surface area contributed by atoms with Crippen molar-refractivity contribution in [1.29, 1.82) is 0 Å². The number of nitrogens with one attached hydrogen (secondary N) is 2. The number of halogens is 1. The quantitative estimate of drug-likeness (QED) is 0.644. The monoisotopic (exact) mass is 361 g/mol. The van der Waals surface area contributed by atoms with Gasteiger partial charge in [-0.25, -0.2) is 14.6 Å². The molecule has 0 saturated heterocycles. The Kier molecular flexibility index (Phi) is 4.76. The number of allylic oxidation sites excluding steroid dienone is 1. The van der Waals surface area contributed by atoms with Crippen LogP contribution >= 0.6 is 11.6 Å². The zero-order chi connectivity index (χ0) is 18.0. The van der Waals surface area contributed by atoms with Crippen molar-refractivity contribution in [3.63, 3.8) is 0 Å². The van der Waals surface area contributed by atoms with Gasteiger partial charge in [0.2, 0.25) is 0 Å². The molecule has 0 bridgehead atoms. The smallest absolute Gasteiger partial charge is 0.338 e. The van der Waals surface area contributed by atoms with Crippen LogP contribution in [0.15, 0.2) is 46.1 Å². The fourth-order valence-electron chi connectivity index (χ4n) is 2.61. The Balaban J connectivity index is 1.99. The third-order valence-corrected chi connectivity index (χ3v) is 4.00. The van der Waals surface area contributed by atoms with Crippen LogP contribution in [0.3, 0.4) is 0 Å². The fraction of sp³-hybridized carbons (Fsp3) is 0.235. The molecule has 130 valence electrons. The molecule has 0 fully saturated rings. The van der Waals surface area contributed by atoms with E-state index in [0.29, 0.717) is 33.5 Å². The van der Waals surface area contributed by atoms with Gasteiger partial charge in [-0.2, -0.15) is 0 Å². The van der Waals surface area contributed by atoms with E-state index in [-0.39, 0.29) is 6.61 Å². The molecule has 1 aliphatic heterocycles. The number of furan rings is 1. The molecule has 3 rings (SSSR count). The molecule has 1 atom stereocenters. The fourth-order valence-corrected chi connectivity index (χ4v) is 2.82. The lowest BCUT2D eigenvalue weighted by atomic mass is 10.0. The van der Waals surface area contributed by atoms with Crippen molar-refractivity contribution in [2.24, 2.45) is 0 Å². The molecular formula is C17H16ClN3O4. The molecule has 0 aliphatic carbocycles. The van der Waals surface area contributed by atoms with Gasteiger partial charge in [0, 0.05) is 11.9 Å². The predicted molar refractivity (Wildman–Crippen MR) is 90.7 cm³/mol. The number of urea groups is 1. The zero-order valence-electron chi connectivity index (χ0n) is 13.6. The van der Waals surface area contributed by atoms with Gasteiger partial charge in [0.05, 0.1) is 17.7 Å². The van der Waals surface area contributed by atoms with E-state index in [2.05, 4.69) is 15.6 Å². The van der Waals surface area contributed by atoms with Crippen molar-refractivity contribution >= 4 is 23.6 Å². The Hall–Kier alpha value is -2.80. The average Bonchev–Trinajstić information content (AvgIpc) is 3.04. The van der Waals surface area contributed by atoms with Gasteiger partial charge in [-0.15, -0.1) is 0 Å². The van der Waals surface area contributed by atoms with Crippen molar-refractivity contribution < 1.29 is 18.7 Å². The number of esters is 1. The van der Waals surface area contributed by atoms with Crippen LogP contribution in [0.2, 0.25) is 5.15 Å². The molecule has 2 N–H and O–H groups in total. The number of carbonyl (C=O) groups is 2. The second-order valence-electron chi connectivity index (χ2n) is 5.33. The number of pyridine rings is 1. The molecule has 0 aromatic carbocycles. The largest absolute Gasteiger partial charge is 0.463 e. The zero-order valence-corrected chi connectivity index (χ0v) is 14.4. The van der Waals surface area contributed by atoms with Gasteiger partial charge in [-0.3, -0.25) is 0 Å². The highest BCUT2D eigenvalue weighted by Gasteiger charge is 2.34. The normalized spacial score (nSPS) is 17.1. The molecule has 0 spiro atoms. The highest BCUT2D eigenvalue weighted by atomic mass is 35.5. The van der Waals surface area contributed by atoms with Crippen LogP contribution in [0.4, 0.5) is 4.79 Å². The number of ether oxygens (including phenoxy) is 1. The second-order valence-corrected chi connectivity index (χ2v) is 5.69. The molecule has 8 heteroatoms. The molecule has 0 unspecified atom stereocenters. The molecule has 25 heavy (non-hydrogen) atoms. The molecule has 0 radical (unpaired) electrons. The maximum atomic E-state index is 12.3. The Morgan fingerprint density at radius 2 is 2.20 bits per heavy atom. The molecule has 2 aromatic heterocycles. The first-order valence-electron chi connectivity index (χ1n) is 7.67. The summed E-state index contributed by atoms with van der Waals surface area (Å²) in [5.74, 6) is 0.365. The van der Waals surface area contributed by atoms with Crippen LogP contribution in [0, 0.1) is 0 Å². The first kappa shape index (κ1) is 17.0. The Morgan fingerprint density at radius 3 is 2.92 bits per heavy atom. The van der Waals surface area contributed by atoms with Gasteiger partial charge < -0.3 is 19.8 Å². The number of hydrogen-bond donors (Lipinski definition) is 2. The van der Waals surface area contributed by atoms with Crippen molar-refractivity contribution in [3.8, 4) is 11.3 Å². The maximum Gasteiger partial charge on any atom is 0.338 e. The summed E-state index contributed by atoms with van der Waals surface area (Å²) >= 11 is 6.09. The summed E-state index contributed by atoms with van der Waals surface area (Å²) in [6.45, 7) is 3.58. The molecular weight excluding hydrogens is 346 g/mol. The number of amides is 2. The number of carbonyl (C=O) groups excluding carboxylic acids is 2. The Morgan fingerprint density at radius 1 is 1.40 bits per heavy atom. The highest BCUT2D eigenvalue weighted by Crippen LogP contribution is 2.33. The minimum Gasteiger partial charge on any atom is -0.463 e. The number of nitrogens with zero attached hydrogens (tertiary/aromatic N) is 1. The maximum absolute atomic E-state index is 12.3. The van der Waals surface area contributed by atoms with E-state index in [4.69, 9.17) is 20.8 Å². The minimum atomic E-state index is -0.753. The topological polar surface area (TPSA) is 93.5 Å². The van der Waals surface area contributed by atoms with Crippen LogP contribution in [0.5, 0.6) is 0 Å². The van der Waals surface area contributed by atoms with E-state index in [1.807, 2.05) is 0 Å². The lowest BCUT2D eigenvalue weighted by Gasteiger charge is -2.26. The predicted octanol–water partition coefficient (Wildman–Crippen LogP) is 3.19. The highest BCUT2D eigenvalue weighted by molar-refractivity contribution is 6.31. The summed E-state index contributed by atoms with van der Waals surface area (Å²) in [5.41, 5.74) is 1.33. The summed E-state index contributed by atoms with van der Waals surface area (Å²) in [4.78, 5) is 28.1. The summed E-state index contributed by atoms with van der Waals surface area (Å²) in [5, 5.41) is 5.55. The number of aromatic nitrogens is 1. The van der Waals surface area contributed by atoms with Gasteiger partial charge in [-0.05, 0) is 38.1 Å². The van der Waals surface area contributed by atoms with E-state index in [1.165, 1.54) is 0 Å². The summed E-state index contributed by atoms with van der Waals surface area (Å²) in [7, 11) is 0. The molecule has 3 heterocycles. The summed E-state index contributed by atoms with van der Waals surface area (Å²) < 4.78 is 10.9. The molecule has 2 amide bonds. The standard InChI is InChI=1S/C17H16ClN3O4/c1-3-24-16(22)13-9(2)20-17(23)21-14(13)12-7-6-11(25-12)10-5-4-8-19-15(10)18/h4-8,14H,3H2,1-2H3,(H2,20,21,23)/t14-/m1/s1. The van der Waals surface area contributed by atoms with Crippen molar-refractivity contribution in [2.75, 3.05) is 6.61 Å². The molecule has 0 saturated carbocycles. The SMILES string of the molecule is CCOC(=O)C1=C(C)NC(=O)N[C@@H]1c1ccc(-c2cccnc2Cl)o1. The van der Waals surface area contributed by atoms with Crippen molar-refractivity contribution in [2.45, 2.75) is 19.9 Å². The van der Waals surface area contributed by atoms with Gasteiger partial charge in [-0.1, -0.05) is 11.6 Å². The molecule has 7 nitrogen and oxygen atoms in total. The Bertz CT molecular complexity index is 859. The minimum absolute atomic E-state index is 0.227. The Labute approximate surface area is 149 Å². The van der Waals surface area contributed by atoms with E-state index in [9.17, 15) is 9.59 Å². The van der Waals surface area contributed by atoms with Gasteiger partial charge in [0.15, 0.2) is 0 Å². The third-order valence-electron chi connectivity index (χ3n) is 3.70. The summed E-state index contributed by atoms with van der Waals surface area (Å²) in [6, 6.07) is 5.73. The molecule has 1 aliphatic rings. The average molecular weight is 362 g/mol. The first-order valence-corrected chi connectivity index (χ1v) is 8.05. The van der Waals surface area contributed by atoms with E-state index in [1.54, 1.807) is 44.3 Å². The lowest BCUT2D eigenvalue weighted by Crippen LogP contribution is -2.45. The first-order chi connectivity index (χ1) is 12.0. The van der Waals surface area contributed by atoms with E-state index in [0.717, 1.165) is 0 Å². The number of rotatable bonds is 4. The van der Waals surface area contributed by atoms with Gasteiger partial charge >= 0.3 is 12.0 Å². The van der Waals surface area contributed by atoms with E-state index >= 15 is 0 Å². The van der Waals surface area contributed by atoms with Gasteiger partial charge in [0.25, 0.3) is 0 Å². The van der Waals surface area contributed by atoms with Gasteiger partial charge in [0.1, 0.15) is 22.7 Å². The lowest BCUT2D eigenvalue weighted by molar-refractivity contribution is -0.139. The number of hydrogen-bond acceptors (Lipinski definition) is 5. The van der Waals surface area contributed by atoms with Crippen molar-refractivity contribution in [3.05, 3.63) is 52.6 Å².